The summed E-state index contributed by atoms with van der Waals surface area (Å²) >= 11 is 6.01. The highest BCUT2D eigenvalue weighted by molar-refractivity contribution is 6.33. The topological polar surface area (TPSA) is 58.2 Å². The molecule has 0 saturated heterocycles. The van der Waals surface area contributed by atoms with Gasteiger partial charge in [0.1, 0.15) is 5.82 Å². The first kappa shape index (κ1) is 16.0. The Hall–Kier alpha value is -2.40. The van der Waals surface area contributed by atoms with Crippen molar-refractivity contribution in [3.8, 4) is 0 Å². The molecule has 0 aromatic heterocycles. The third kappa shape index (κ3) is 4.30. The summed E-state index contributed by atoms with van der Waals surface area (Å²) in [5.74, 6) is -1.45. The Balaban J connectivity index is 1.91. The largest absolute Gasteiger partial charge is 0.343 e. The number of carbonyl (C=O) groups excluding carboxylic acids is 2. The summed E-state index contributed by atoms with van der Waals surface area (Å²) in [5, 5.41) is 5.43. The van der Waals surface area contributed by atoms with E-state index in [-0.39, 0.29) is 12.1 Å². The summed E-state index contributed by atoms with van der Waals surface area (Å²) in [7, 11) is 0. The van der Waals surface area contributed by atoms with Gasteiger partial charge >= 0.3 is 0 Å². The Kier molecular flexibility index (Phi) is 5.12. The van der Waals surface area contributed by atoms with Gasteiger partial charge in [-0.1, -0.05) is 23.7 Å². The number of halogens is 2. The summed E-state index contributed by atoms with van der Waals surface area (Å²) in [6.07, 6.45) is 0. The molecule has 0 aliphatic rings. The number of nitrogens with one attached hydrogen (secondary N) is 2. The van der Waals surface area contributed by atoms with Crippen molar-refractivity contribution in [1.82, 2.24) is 5.32 Å². The van der Waals surface area contributed by atoms with Crippen LogP contribution in [-0.2, 0) is 4.79 Å². The number of aryl methyl sites for hydroxylation is 1. The summed E-state index contributed by atoms with van der Waals surface area (Å²) in [5.41, 5.74) is 1.60. The Labute approximate surface area is 132 Å². The molecule has 0 aliphatic heterocycles. The first-order valence-corrected chi connectivity index (χ1v) is 6.93. The molecule has 0 saturated carbocycles. The van der Waals surface area contributed by atoms with Crippen molar-refractivity contribution >= 4 is 29.1 Å². The lowest BCUT2D eigenvalue weighted by atomic mass is 10.2. The average molecular weight is 321 g/mol. The molecule has 4 nitrogen and oxygen atoms in total. The van der Waals surface area contributed by atoms with Crippen LogP contribution in [0.1, 0.15) is 15.9 Å². The van der Waals surface area contributed by atoms with Gasteiger partial charge in [-0.25, -0.2) is 4.39 Å². The number of rotatable bonds is 4. The molecule has 114 valence electrons. The van der Waals surface area contributed by atoms with Gasteiger partial charge in [-0.2, -0.15) is 0 Å². The quantitative estimate of drug-likeness (QED) is 0.909. The minimum atomic E-state index is -0.523. The van der Waals surface area contributed by atoms with E-state index in [9.17, 15) is 14.0 Å². The van der Waals surface area contributed by atoms with Gasteiger partial charge in [0.05, 0.1) is 17.3 Å². The zero-order valence-electron chi connectivity index (χ0n) is 11.8. The molecule has 2 aromatic rings. The molecule has 0 spiro atoms. The van der Waals surface area contributed by atoms with Gasteiger partial charge in [0, 0.05) is 5.56 Å². The number of hydrogen-bond acceptors (Lipinski definition) is 2. The molecule has 2 amide bonds. The molecule has 0 radical (unpaired) electrons. The Morgan fingerprint density at radius 3 is 2.64 bits per heavy atom. The highest BCUT2D eigenvalue weighted by Gasteiger charge is 2.10. The fraction of sp³-hybridized carbons (Fsp3) is 0.125. The number of hydrogen-bond donors (Lipinski definition) is 2. The van der Waals surface area contributed by atoms with Gasteiger partial charge in [-0.05, 0) is 42.8 Å². The summed E-state index contributed by atoms with van der Waals surface area (Å²) < 4.78 is 13.0. The molecule has 0 aliphatic carbocycles. The van der Waals surface area contributed by atoms with E-state index in [1.54, 1.807) is 12.1 Å². The van der Waals surface area contributed by atoms with Crippen molar-refractivity contribution in [2.75, 3.05) is 11.9 Å². The van der Waals surface area contributed by atoms with Crippen LogP contribution in [0.3, 0.4) is 0 Å². The Morgan fingerprint density at radius 1 is 1.18 bits per heavy atom. The van der Waals surface area contributed by atoms with Crippen molar-refractivity contribution in [2.45, 2.75) is 6.92 Å². The third-order valence-electron chi connectivity index (χ3n) is 2.89. The molecule has 0 fully saturated rings. The van der Waals surface area contributed by atoms with E-state index in [0.29, 0.717) is 10.7 Å². The Morgan fingerprint density at radius 2 is 1.95 bits per heavy atom. The maximum absolute atomic E-state index is 13.0. The van der Waals surface area contributed by atoms with Crippen LogP contribution in [0.4, 0.5) is 10.1 Å². The third-order valence-corrected chi connectivity index (χ3v) is 3.21. The van der Waals surface area contributed by atoms with Crippen molar-refractivity contribution in [3.63, 3.8) is 0 Å². The number of carbonyl (C=O) groups is 2. The van der Waals surface area contributed by atoms with E-state index in [1.807, 2.05) is 13.0 Å². The molecular formula is C16H14ClFN2O2. The fourth-order valence-corrected chi connectivity index (χ4v) is 2.09. The van der Waals surface area contributed by atoms with Crippen molar-refractivity contribution in [3.05, 3.63) is 64.4 Å². The maximum Gasteiger partial charge on any atom is 0.251 e. The molecule has 0 unspecified atom stereocenters. The van der Waals surface area contributed by atoms with E-state index >= 15 is 0 Å². The average Bonchev–Trinajstić information content (AvgIpc) is 2.47. The van der Waals surface area contributed by atoms with Crippen LogP contribution in [0.25, 0.3) is 0 Å². The molecule has 6 heteroatoms. The van der Waals surface area contributed by atoms with Gasteiger partial charge in [-0.3, -0.25) is 9.59 Å². The molecule has 0 heterocycles. The van der Waals surface area contributed by atoms with Crippen LogP contribution in [0.2, 0.25) is 5.02 Å². The molecule has 0 atom stereocenters. The van der Waals surface area contributed by atoms with Crippen LogP contribution in [0.5, 0.6) is 0 Å². The predicted octanol–water partition coefficient (Wildman–Crippen LogP) is 3.16. The van der Waals surface area contributed by atoms with E-state index in [0.717, 1.165) is 11.6 Å². The molecule has 2 rings (SSSR count). The number of benzene rings is 2. The minimum absolute atomic E-state index is 0.154. The van der Waals surface area contributed by atoms with Gasteiger partial charge in [0.15, 0.2) is 0 Å². The lowest BCUT2D eigenvalue weighted by molar-refractivity contribution is -0.115. The second-order valence-electron chi connectivity index (χ2n) is 4.72. The lowest BCUT2D eigenvalue weighted by Gasteiger charge is -2.09. The summed E-state index contributed by atoms with van der Waals surface area (Å²) in [6, 6.07) is 10.5. The number of anilines is 1. The smallest absolute Gasteiger partial charge is 0.251 e. The highest BCUT2D eigenvalue weighted by Crippen LogP contribution is 2.22. The highest BCUT2D eigenvalue weighted by atomic mass is 35.5. The first-order valence-electron chi connectivity index (χ1n) is 6.55. The van der Waals surface area contributed by atoms with Crippen molar-refractivity contribution < 1.29 is 14.0 Å². The lowest BCUT2D eigenvalue weighted by Crippen LogP contribution is -2.32. The first-order chi connectivity index (χ1) is 10.5. The minimum Gasteiger partial charge on any atom is -0.343 e. The normalized spacial score (nSPS) is 10.1. The second kappa shape index (κ2) is 7.04. The Bertz CT molecular complexity index is 719. The standard InChI is InChI=1S/C16H14ClFN2O2/c1-10-5-6-14(13(17)7-10)20-15(21)9-19-16(22)11-3-2-4-12(18)8-11/h2-8H,9H2,1H3,(H,19,22)(H,20,21). The van der Waals surface area contributed by atoms with Crippen LogP contribution >= 0.6 is 11.6 Å². The molecule has 0 bridgehead atoms. The SMILES string of the molecule is Cc1ccc(NC(=O)CNC(=O)c2cccc(F)c2)c(Cl)c1. The van der Waals surface area contributed by atoms with Gasteiger partial charge in [0.2, 0.25) is 5.91 Å². The zero-order chi connectivity index (χ0) is 16.1. The van der Waals surface area contributed by atoms with E-state index < -0.39 is 17.6 Å². The van der Waals surface area contributed by atoms with E-state index in [1.165, 1.54) is 18.2 Å². The van der Waals surface area contributed by atoms with Crippen LogP contribution in [0, 0.1) is 12.7 Å². The molecule has 22 heavy (non-hydrogen) atoms. The maximum atomic E-state index is 13.0. The summed E-state index contributed by atoms with van der Waals surface area (Å²) in [6.45, 7) is 1.65. The molecule has 2 aromatic carbocycles. The van der Waals surface area contributed by atoms with Gasteiger partial charge in [-0.15, -0.1) is 0 Å². The van der Waals surface area contributed by atoms with Crippen molar-refractivity contribution in [1.29, 1.82) is 0 Å². The van der Waals surface area contributed by atoms with Crippen molar-refractivity contribution in [2.24, 2.45) is 0 Å². The van der Waals surface area contributed by atoms with Gasteiger partial charge < -0.3 is 10.6 Å². The number of amides is 2. The monoisotopic (exact) mass is 320 g/mol. The van der Waals surface area contributed by atoms with E-state index in [2.05, 4.69) is 10.6 Å². The van der Waals surface area contributed by atoms with E-state index in [4.69, 9.17) is 11.6 Å². The second-order valence-corrected chi connectivity index (χ2v) is 5.13. The predicted molar refractivity (Wildman–Crippen MR) is 83.6 cm³/mol. The van der Waals surface area contributed by atoms with Crippen LogP contribution in [-0.4, -0.2) is 18.4 Å². The zero-order valence-corrected chi connectivity index (χ0v) is 12.6. The van der Waals surface area contributed by atoms with Crippen LogP contribution < -0.4 is 10.6 Å². The fourth-order valence-electron chi connectivity index (χ4n) is 1.81. The van der Waals surface area contributed by atoms with Gasteiger partial charge in [0.25, 0.3) is 5.91 Å². The van der Waals surface area contributed by atoms with Crippen LogP contribution in [0.15, 0.2) is 42.5 Å². The molecule has 2 N–H and O–H groups in total. The summed E-state index contributed by atoms with van der Waals surface area (Å²) in [4.78, 5) is 23.6. The molecular weight excluding hydrogens is 307 g/mol.